The summed E-state index contributed by atoms with van der Waals surface area (Å²) in [6.07, 6.45) is 5.55. The maximum atomic E-state index is 12.9. The Morgan fingerprint density at radius 1 is 0.939 bits per heavy atom. The van der Waals surface area contributed by atoms with Gasteiger partial charge in [-0.15, -0.1) is 0 Å². The first-order valence-corrected chi connectivity index (χ1v) is 11.3. The quantitative estimate of drug-likeness (QED) is 0.621. The van der Waals surface area contributed by atoms with E-state index in [4.69, 9.17) is 9.47 Å². The topological polar surface area (TPSA) is 97.0 Å². The predicted octanol–water partition coefficient (Wildman–Crippen LogP) is 4.00. The number of anilines is 1. The van der Waals surface area contributed by atoms with Crippen molar-refractivity contribution in [1.82, 2.24) is 10.2 Å². The van der Waals surface area contributed by atoms with Crippen LogP contribution in [0.1, 0.15) is 58.4 Å². The Bertz CT molecular complexity index is 1060. The Morgan fingerprint density at radius 2 is 1.67 bits per heavy atom. The fraction of sp³-hybridized carbons (Fsp3) is 0.400. The first-order chi connectivity index (χ1) is 16.0. The lowest BCUT2D eigenvalue weighted by atomic mass is 9.94. The summed E-state index contributed by atoms with van der Waals surface area (Å²) in [6.45, 7) is 0.416. The van der Waals surface area contributed by atoms with E-state index in [0.29, 0.717) is 41.3 Å². The molecule has 1 fully saturated rings. The van der Waals surface area contributed by atoms with Crippen LogP contribution in [0.15, 0.2) is 36.4 Å². The van der Waals surface area contributed by atoms with E-state index in [1.807, 2.05) is 18.2 Å². The number of carbonyl (C=O) groups is 3. The number of methoxy groups -OCH3 is 2. The average Bonchev–Trinajstić information content (AvgIpc) is 3.08. The van der Waals surface area contributed by atoms with Crippen molar-refractivity contribution in [3.8, 4) is 11.5 Å². The van der Waals surface area contributed by atoms with Gasteiger partial charge in [0.05, 0.1) is 25.3 Å². The monoisotopic (exact) mass is 451 g/mol. The first-order valence-electron chi connectivity index (χ1n) is 11.3. The van der Waals surface area contributed by atoms with E-state index in [9.17, 15) is 14.4 Å². The van der Waals surface area contributed by atoms with Gasteiger partial charge in [-0.05, 0) is 55.2 Å². The van der Waals surface area contributed by atoms with Gasteiger partial charge in [0.1, 0.15) is 0 Å². The van der Waals surface area contributed by atoms with Crippen molar-refractivity contribution in [2.45, 2.75) is 44.6 Å². The van der Waals surface area contributed by atoms with E-state index < -0.39 is 0 Å². The second-order valence-electron chi connectivity index (χ2n) is 8.35. The molecule has 4 rings (SSSR count). The third-order valence-corrected chi connectivity index (χ3v) is 6.26. The van der Waals surface area contributed by atoms with Crippen LogP contribution in [0.25, 0.3) is 0 Å². The number of fused-ring (bicyclic) bond motifs is 1. The van der Waals surface area contributed by atoms with Gasteiger partial charge in [0.2, 0.25) is 0 Å². The Hall–Kier alpha value is -3.55. The largest absolute Gasteiger partial charge is 0.493 e. The lowest BCUT2D eigenvalue weighted by Crippen LogP contribution is -2.40. The molecule has 2 aromatic carbocycles. The maximum absolute atomic E-state index is 12.9. The van der Waals surface area contributed by atoms with E-state index in [2.05, 4.69) is 10.6 Å². The zero-order valence-corrected chi connectivity index (χ0v) is 19.0. The first kappa shape index (κ1) is 22.6. The van der Waals surface area contributed by atoms with Crippen molar-refractivity contribution in [3.05, 3.63) is 53.1 Å². The summed E-state index contributed by atoms with van der Waals surface area (Å²) in [5.74, 6) is 0.796. The number of ether oxygens (including phenoxy) is 2. The molecule has 8 heteroatoms. The van der Waals surface area contributed by atoms with Crippen LogP contribution in [-0.4, -0.2) is 49.6 Å². The van der Waals surface area contributed by atoms with Crippen molar-refractivity contribution in [2.24, 2.45) is 0 Å². The predicted molar refractivity (Wildman–Crippen MR) is 124 cm³/mol. The number of hydrogen-bond donors (Lipinski definition) is 2. The highest BCUT2D eigenvalue weighted by Crippen LogP contribution is 2.32. The SMILES string of the molecule is COc1ccc(CCNC(=O)Nc2ccc3c(c2)C(=O)N(C2CCCCC2)C3=O)cc1OC. The van der Waals surface area contributed by atoms with Crippen LogP contribution >= 0.6 is 0 Å². The van der Waals surface area contributed by atoms with Gasteiger partial charge in [0.15, 0.2) is 11.5 Å². The van der Waals surface area contributed by atoms with E-state index in [1.165, 1.54) is 4.90 Å². The Balaban J connectivity index is 1.34. The normalized spacial score (nSPS) is 15.9. The highest BCUT2D eigenvalue weighted by Gasteiger charge is 2.40. The molecule has 0 spiro atoms. The summed E-state index contributed by atoms with van der Waals surface area (Å²) >= 11 is 0. The number of carbonyl (C=O) groups excluding carboxylic acids is 3. The van der Waals surface area contributed by atoms with Gasteiger partial charge >= 0.3 is 6.03 Å². The molecular formula is C25H29N3O5. The summed E-state index contributed by atoms with van der Waals surface area (Å²) in [5, 5.41) is 5.56. The maximum Gasteiger partial charge on any atom is 0.319 e. The van der Waals surface area contributed by atoms with Gasteiger partial charge in [-0.2, -0.15) is 0 Å². The van der Waals surface area contributed by atoms with Crippen molar-refractivity contribution in [2.75, 3.05) is 26.1 Å². The Labute approximate surface area is 193 Å². The van der Waals surface area contributed by atoms with Crippen LogP contribution in [-0.2, 0) is 6.42 Å². The Morgan fingerprint density at radius 3 is 2.39 bits per heavy atom. The molecule has 1 aliphatic carbocycles. The summed E-state index contributed by atoms with van der Waals surface area (Å²) in [5.41, 5.74) is 2.24. The molecule has 2 aliphatic rings. The lowest BCUT2D eigenvalue weighted by molar-refractivity contribution is 0.0549. The van der Waals surface area contributed by atoms with Gasteiger partial charge in [-0.3, -0.25) is 14.5 Å². The minimum atomic E-state index is -0.378. The minimum Gasteiger partial charge on any atom is -0.493 e. The molecular weight excluding hydrogens is 422 g/mol. The number of nitrogens with zero attached hydrogens (tertiary/aromatic N) is 1. The third kappa shape index (κ3) is 4.79. The van der Waals surface area contributed by atoms with Crippen LogP contribution in [0, 0.1) is 0 Å². The molecule has 0 atom stereocenters. The van der Waals surface area contributed by atoms with E-state index in [1.54, 1.807) is 32.4 Å². The summed E-state index contributed by atoms with van der Waals surface area (Å²) < 4.78 is 10.5. The van der Waals surface area contributed by atoms with Gasteiger partial charge in [-0.1, -0.05) is 25.3 Å². The van der Waals surface area contributed by atoms with Crippen molar-refractivity contribution < 1.29 is 23.9 Å². The molecule has 0 aromatic heterocycles. The van der Waals surface area contributed by atoms with Crippen molar-refractivity contribution in [3.63, 3.8) is 0 Å². The number of nitrogens with one attached hydrogen (secondary N) is 2. The molecule has 4 amide bonds. The van der Waals surface area contributed by atoms with E-state index in [-0.39, 0.29) is 23.9 Å². The molecule has 8 nitrogen and oxygen atoms in total. The average molecular weight is 452 g/mol. The fourth-order valence-electron chi connectivity index (χ4n) is 4.54. The van der Waals surface area contributed by atoms with Crippen molar-refractivity contribution >= 4 is 23.5 Å². The smallest absolute Gasteiger partial charge is 0.319 e. The molecule has 0 bridgehead atoms. The van der Waals surface area contributed by atoms with Crippen molar-refractivity contribution in [1.29, 1.82) is 0 Å². The van der Waals surface area contributed by atoms with Crippen LogP contribution in [0.4, 0.5) is 10.5 Å². The zero-order valence-electron chi connectivity index (χ0n) is 19.0. The molecule has 0 saturated heterocycles. The van der Waals surface area contributed by atoms with Gasteiger partial charge in [0.25, 0.3) is 11.8 Å². The molecule has 174 valence electrons. The number of imide groups is 1. The minimum absolute atomic E-state index is 0.0255. The van der Waals surface area contributed by atoms with E-state index in [0.717, 1.165) is 37.7 Å². The highest BCUT2D eigenvalue weighted by molar-refractivity contribution is 6.22. The van der Waals surface area contributed by atoms with Gasteiger partial charge in [0, 0.05) is 18.3 Å². The van der Waals surface area contributed by atoms with Crippen LogP contribution in [0.3, 0.4) is 0 Å². The number of benzene rings is 2. The molecule has 1 saturated carbocycles. The van der Waals surface area contributed by atoms with Gasteiger partial charge in [-0.25, -0.2) is 4.79 Å². The standard InChI is InChI=1S/C25H29N3O5/c1-32-21-11-8-16(14-22(21)33-2)12-13-26-25(31)27-17-9-10-19-20(15-17)24(30)28(23(19)29)18-6-4-3-5-7-18/h8-11,14-15,18H,3-7,12-13H2,1-2H3,(H2,26,27,31). The van der Waals surface area contributed by atoms with Crippen LogP contribution in [0.2, 0.25) is 0 Å². The second kappa shape index (κ2) is 9.94. The molecule has 0 unspecified atom stereocenters. The van der Waals surface area contributed by atoms with Crippen LogP contribution < -0.4 is 20.1 Å². The Kier molecular flexibility index (Phi) is 6.82. The second-order valence-corrected chi connectivity index (χ2v) is 8.35. The zero-order chi connectivity index (χ0) is 23.4. The van der Waals surface area contributed by atoms with E-state index >= 15 is 0 Å². The van der Waals surface area contributed by atoms with Crippen LogP contribution in [0.5, 0.6) is 11.5 Å². The molecule has 1 heterocycles. The molecule has 2 aromatic rings. The summed E-state index contributed by atoms with van der Waals surface area (Å²) in [6, 6.07) is 10.1. The third-order valence-electron chi connectivity index (χ3n) is 6.26. The number of rotatable bonds is 7. The number of amides is 4. The molecule has 0 radical (unpaired) electrons. The molecule has 33 heavy (non-hydrogen) atoms. The van der Waals surface area contributed by atoms with Gasteiger partial charge < -0.3 is 20.1 Å². The highest BCUT2D eigenvalue weighted by atomic mass is 16.5. The molecule has 2 N–H and O–H groups in total. The molecule has 1 aliphatic heterocycles. The lowest BCUT2D eigenvalue weighted by Gasteiger charge is -2.29. The number of hydrogen-bond acceptors (Lipinski definition) is 5. The summed E-state index contributed by atoms with van der Waals surface area (Å²) in [4.78, 5) is 39.5. The number of urea groups is 1. The summed E-state index contributed by atoms with van der Waals surface area (Å²) in [7, 11) is 3.16. The fourth-order valence-corrected chi connectivity index (χ4v) is 4.54.